The molecule has 0 bridgehead atoms. The Morgan fingerprint density at radius 1 is 0.762 bits per heavy atom. The number of rotatable bonds is 6. The monoisotopic (exact) mass is 276 g/mol. The molecule has 0 aliphatic rings. The molecule has 0 aliphatic carbocycles. The van der Waals surface area contributed by atoms with Crippen LogP contribution >= 0.6 is 0 Å². The summed E-state index contributed by atoms with van der Waals surface area (Å²) in [4.78, 5) is 0. The first-order valence-corrected chi connectivity index (χ1v) is 7.72. The Hall–Kier alpha value is -2.08. The Balaban J connectivity index is 1.90. The summed E-state index contributed by atoms with van der Waals surface area (Å²) in [6.07, 6.45) is 12.0. The number of benzene rings is 2. The lowest BCUT2D eigenvalue weighted by Gasteiger charge is -2.04. The normalized spacial score (nSPS) is 11.5. The Labute approximate surface area is 128 Å². The molecular weight excluding hydrogens is 252 g/mol. The van der Waals surface area contributed by atoms with Crippen LogP contribution in [-0.2, 0) is 6.42 Å². The van der Waals surface area contributed by atoms with E-state index in [4.69, 9.17) is 0 Å². The third kappa shape index (κ3) is 5.07. The zero-order chi connectivity index (χ0) is 14.9. The van der Waals surface area contributed by atoms with Gasteiger partial charge in [0.25, 0.3) is 0 Å². The smallest absolute Gasteiger partial charge is 0.0169 e. The van der Waals surface area contributed by atoms with Gasteiger partial charge in [-0.3, -0.25) is 0 Å². The van der Waals surface area contributed by atoms with Crippen molar-refractivity contribution in [2.24, 2.45) is 0 Å². The topological polar surface area (TPSA) is 0 Å². The van der Waals surface area contributed by atoms with Gasteiger partial charge < -0.3 is 0 Å². The van der Waals surface area contributed by atoms with Crippen LogP contribution in [-0.4, -0.2) is 0 Å². The van der Waals surface area contributed by atoms with Crippen LogP contribution in [0.2, 0.25) is 0 Å². The zero-order valence-corrected chi connectivity index (χ0v) is 13.0. The third-order valence-electron chi connectivity index (χ3n) is 3.61. The molecule has 0 aromatic heterocycles. The van der Waals surface area contributed by atoms with E-state index in [9.17, 15) is 0 Å². The number of hydrogen-bond donors (Lipinski definition) is 0. The molecule has 108 valence electrons. The highest BCUT2D eigenvalue weighted by atomic mass is 14.0. The summed E-state index contributed by atoms with van der Waals surface area (Å²) in [7, 11) is 0. The third-order valence-corrected chi connectivity index (χ3v) is 3.61. The van der Waals surface area contributed by atoms with Crippen molar-refractivity contribution in [3.63, 3.8) is 0 Å². The number of aryl methyl sites for hydroxylation is 2. The van der Waals surface area contributed by atoms with Gasteiger partial charge in [0.15, 0.2) is 0 Å². The van der Waals surface area contributed by atoms with Gasteiger partial charge in [0, 0.05) is 0 Å². The molecule has 0 saturated carbocycles. The highest BCUT2D eigenvalue weighted by molar-refractivity contribution is 5.63. The van der Waals surface area contributed by atoms with E-state index in [0.717, 1.165) is 19.3 Å². The maximum Gasteiger partial charge on any atom is -0.0169 e. The Kier molecular flexibility index (Phi) is 6.02. The molecule has 0 radical (unpaired) electrons. The Morgan fingerprint density at radius 2 is 1.38 bits per heavy atom. The van der Waals surface area contributed by atoms with E-state index in [1.54, 1.807) is 0 Å². The molecule has 0 N–H and O–H groups in total. The van der Waals surface area contributed by atoms with Gasteiger partial charge in [0.2, 0.25) is 0 Å². The summed E-state index contributed by atoms with van der Waals surface area (Å²) < 4.78 is 0. The van der Waals surface area contributed by atoms with Gasteiger partial charge >= 0.3 is 0 Å². The fourth-order valence-electron chi connectivity index (χ4n) is 2.29. The lowest BCUT2D eigenvalue weighted by molar-refractivity contribution is 0.996. The molecule has 2 aromatic carbocycles. The number of hydrogen-bond acceptors (Lipinski definition) is 0. The summed E-state index contributed by atoms with van der Waals surface area (Å²) in [6, 6.07) is 17.7. The zero-order valence-electron chi connectivity index (χ0n) is 13.0. The summed E-state index contributed by atoms with van der Waals surface area (Å²) in [5.74, 6) is 0. The van der Waals surface area contributed by atoms with Gasteiger partial charge in [-0.2, -0.15) is 0 Å². The van der Waals surface area contributed by atoms with E-state index in [1.165, 1.54) is 22.3 Å². The van der Waals surface area contributed by atoms with E-state index < -0.39 is 0 Å². The van der Waals surface area contributed by atoms with Crippen molar-refractivity contribution in [3.8, 4) is 11.1 Å². The molecule has 0 heteroatoms. The lowest BCUT2D eigenvalue weighted by Crippen LogP contribution is -1.84. The minimum absolute atomic E-state index is 1.04. The van der Waals surface area contributed by atoms with Gasteiger partial charge in [-0.25, -0.2) is 0 Å². The van der Waals surface area contributed by atoms with E-state index in [1.807, 2.05) is 0 Å². The second-order valence-electron chi connectivity index (χ2n) is 5.38. The molecule has 0 atom stereocenters. The summed E-state index contributed by atoms with van der Waals surface area (Å²) in [5, 5.41) is 0. The van der Waals surface area contributed by atoms with Crippen molar-refractivity contribution in [1.29, 1.82) is 0 Å². The maximum atomic E-state index is 2.27. The number of allylic oxidation sites excluding steroid dienone is 4. The average Bonchev–Trinajstić information content (AvgIpc) is 2.52. The van der Waals surface area contributed by atoms with Crippen LogP contribution in [0.25, 0.3) is 11.1 Å². The lowest BCUT2D eigenvalue weighted by atomic mass is 10.0. The first-order chi connectivity index (χ1) is 10.3. The van der Waals surface area contributed by atoms with Crippen LogP contribution in [0.4, 0.5) is 0 Å². The Bertz CT molecular complexity index is 583. The van der Waals surface area contributed by atoms with Gasteiger partial charge in [-0.15, -0.1) is 0 Å². The van der Waals surface area contributed by atoms with Gasteiger partial charge in [0.1, 0.15) is 0 Å². The molecule has 0 heterocycles. The molecule has 21 heavy (non-hydrogen) atoms. The maximum absolute atomic E-state index is 2.27. The molecule has 0 aliphatic heterocycles. The molecule has 0 unspecified atom stereocenters. The first-order valence-electron chi connectivity index (χ1n) is 7.72. The van der Waals surface area contributed by atoms with Crippen LogP contribution in [0.15, 0.2) is 72.8 Å². The minimum Gasteiger partial charge on any atom is -0.0914 e. The molecule has 0 nitrogen and oxygen atoms in total. The predicted molar refractivity (Wildman–Crippen MR) is 93.5 cm³/mol. The van der Waals surface area contributed by atoms with Crippen LogP contribution in [0.3, 0.4) is 0 Å². The highest BCUT2D eigenvalue weighted by Gasteiger charge is 1.97. The average molecular weight is 276 g/mol. The quantitative estimate of drug-likeness (QED) is 0.558. The standard InChI is InChI=1S/C21H24/c1-3-4-5-6-7-8-9-19-12-16-21(17-13-19)20-14-10-18(2)11-15-20/h3-4,6-7,10-17H,5,8-9H2,1-2H3/b4-3-,7-6+. The first kappa shape index (κ1) is 15.3. The molecule has 2 aromatic rings. The molecule has 0 saturated heterocycles. The van der Waals surface area contributed by atoms with Crippen LogP contribution in [0.1, 0.15) is 30.9 Å². The second-order valence-corrected chi connectivity index (χ2v) is 5.38. The largest absolute Gasteiger partial charge is 0.0914 e. The molecule has 0 amide bonds. The molecule has 2 rings (SSSR count). The Morgan fingerprint density at radius 3 is 2.00 bits per heavy atom. The molecule has 0 spiro atoms. The van der Waals surface area contributed by atoms with Crippen LogP contribution in [0.5, 0.6) is 0 Å². The van der Waals surface area contributed by atoms with Crippen molar-refractivity contribution in [2.75, 3.05) is 0 Å². The minimum atomic E-state index is 1.04. The van der Waals surface area contributed by atoms with Crippen molar-refractivity contribution in [1.82, 2.24) is 0 Å². The van der Waals surface area contributed by atoms with E-state index in [-0.39, 0.29) is 0 Å². The fourth-order valence-corrected chi connectivity index (χ4v) is 2.29. The van der Waals surface area contributed by atoms with Crippen molar-refractivity contribution in [2.45, 2.75) is 33.1 Å². The van der Waals surface area contributed by atoms with Crippen molar-refractivity contribution >= 4 is 0 Å². The fraction of sp³-hybridized carbons (Fsp3) is 0.238. The van der Waals surface area contributed by atoms with Crippen LogP contribution < -0.4 is 0 Å². The second kappa shape index (κ2) is 8.26. The van der Waals surface area contributed by atoms with Gasteiger partial charge in [-0.1, -0.05) is 78.4 Å². The van der Waals surface area contributed by atoms with E-state index in [2.05, 4.69) is 86.7 Å². The van der Waals surface area contributed by atoms with E-state index >= 15 is 0 Å². The van der Waals surface area contributed by atoms with Crippen LogP contribution in [0, 0.1) is 6.92 Å². The van der Waals surface area contributed by atoms with Gasteiger partial charge in [-0.05, 0) is 49.8 Å². The van der Waals surface area contributed by atoms with Crippen molar-refractivity contribution < 1.29 is 0 Å². The summed E-state index contributed by atoms with van der Waals surface area (Å²) in [6.45, 7) is 4.18. The molecular formula is C21H24. The van der Waals surface area contributed by atoms with E-state index in [0.29, 0.717) is 0 Å². The van der Waals surface area contributed by atoms with Gasteiger partial charge in [0.05, 0.1) is 0 Å². The van der Waals surface area contributed by atoms with Crippen molar-refractivity contribution in [3.05, 3.63) is 84.0 Å². The molecule has 0 fully saturated rings. The SMILES string of the molecule is C/C=C\C/C=C/CCc1ccc(-c2ccc(C)cc2)cc1. The summed E-state index contributed by atoms with van der Waals surface area (Å²) >= 11 is 0. The summed E-state index contributed by atoms with van der Waals surface area (Å²) in [5.41, 5.74) is 5.29. The predicted octanol–water partition coefficient (Wildman–Crippen LogP) is 6.12. The highest BCUT2D eigenvalue weighted by Crippen LogP contribution is 2.20.